The largest absolute Gasteiger partial charge is 0.465 e. The van der Waals surface area contributed by atoms with Crippen molar-refractivity contribution in [1.82, 2.24) is 0 Å². The fourth-order valence-corrected chi connectivity index (χ4v) is 5.19. The van der Waals surface area contributed by atoms with Gasteiger partial charge >= 0.3 is 11.9 Å². The zero-order valence-corrected chi connectivity index (χ0v) is 19.3. The van der Waals surface area contributed by atoms with Crippen molar-refractivity contribution in [2.45, 2.75) is 26.2 Å². The molecule has 0 aliphatic heterocycles. The number of thiophene rings is 1. The fourth-order valence-electron chi connectivity index (χ4n) is 3.30. The van der Waals surface area contributed by atoms with Crippen molar-refractivity contribution in [3.05, 3.63) is 55.9 Å². The number of carbonyl (C=O) groups excluding carboxylic acids is 3. The lowest BCUT2D eigenvalue weighted by molar-refractivity contribution is -0.142. The number of nitrogens with one attached hydrogen (secondary N) is 1. The Balaban J connectivity index is 1.62. The van der Waals surface area contributed by atoms with Crippen LogP contribution in [0.15, 0.2) is 24.3 Å². The van der Waals surface area contributed by atoms with Gasteiger partial charge < -0.3 is 14.8 Å². The fraction of sp³-hybridized carbons (Fsp3) is 0.318. The highest BCUT2D eigenvalue weighted by molar-refractivity contribution is 7.17. The van der Waals surface area contributed by atoms with Gasteiger partial charge in [0.2, 0.25) is 0 Å². The average Bonchev–Trinajstić information content (AvgIpc) is 3.07. The summed E-state index contributed by atoms with van der Waals surface area (Å²) in [7, 11) is 1.31. The van der Waals surface area contributed by atoms with Gasteiger partial charge in [-0.05, 0) is 54.5 Å². The Kier molecular flexibility index (Phi) is 7.75. The molecule has 0 saturated carbocycles. The molecule has 1 aromatic heterocycles. The first kappa shape index (κ1) is 23.3. The molecule has 1 amide bonds. The summed E-state index contributed by atoms with van der Waals surface area (Å²) in [5.74, 6) is -1.21. The van der Waals surface area contributed by atoms with Crippen LogP contribution in [0.2, 0.25) is 10.0 Å². The van der Waals surface area contributed by atoms with Crippen LogP contribution in [0.1, 0.15) is 39.7 Å². The Labute approximate surface area is 194 Å². The Hall–Kier alpha value is -2.35. The topological polar surface area (TPSA) is 81.7 Å². The van der Waals surface area contributed by atoms with Crippen molar-refractivity contribution in [3.63, 3.8) is 0 Å². The number of halogens is 2. The summed E-state index contributed by atoms with van der Waals surface area (Å²) in [6.45, 7) is 1.67. The average molecular weight is 482 g/mol. The lowest BCUT2D eigenvalue weighted by Gasteiger charge is -2.18. The maximum Gasteiger partial charge on any atom is 0.341 e. The van der Waals surface area contributed by atoms with Gasteiger partial charge in [0.05, 0.1) is 12.7 Å². The third-order valence-corrected chi connectivity index (χ3v) is 6.59. The number of anilines is 1. The minimum Gasteiger partial charge on any atom is -0.465 e. The minimum absolute atomic E-state index is 0.389. The van der Waals surface area contributed by atoms with E-state index < -0.39 is 24.5 Å². The predicted octanol–water partition coefficient (Wildman–Crippen LogP) is 5.16. The van der Waals surface area contributed by atoms with Crippen molar-refractivity contribution < 1.29 is 23.9 Å². The first-order valence-corrected chi connectivity index (χ1v) is 11.2. The van der Waals surface area contributed by atoms with Gasteiger partial charge in [0.1, 0.15) is 5.00 Å². The van der Waals surface area contributed by atoms with E-state index in [9.17, 15) is 14.4 Å². The van der Waals surface area contributed by atoms with Gasteiger partial charge in [-0.15, -0.1) is 11.3 Å². The van der Waals surface area contributed by atoms with E-state index >= 15 is 0 Å². The first-order valence-electron chi connectivity index (χ1n) is 9.61. The molecule has 3 rings (SSSR count). The molecule has 9 heteroatoms. The van der Waals surface area contributed by atoms with E-state index in [0.717, 1.165) is 29.7 Å². The van der Waals surface area contributed by atoms with Gasteiger partial charge in [-0.2, -0.15) is 0 Å². The number of fused-ring (bicyclic) bond motifs is 1. The van der Waals surface area contributed by atoms with Crippen LogP contribution in [0.5, 0.6) is 0 Å². The molecule has 1 heterocycles. The summed E-state index contributed by atoms with van der Waals surface area (Å²) in [5, 5.41) is 3.98. The molecule has 1 aromatic carbocycles. The standard InChI is InChI=1S/C22H21Cl2NO5S/c1-12-3-7-15-17(9-12)31-21(20(15)22(28)29-2)25-18(26)11-30-19(27)8-5-13-4-6-14(23)10-16(13)24/h4-6,8,10,12H,3,7,9,11H2,1-2H3,(H,25,26)/b8-5+. The van der Waals surface area contributed by atoms with Crippen LogP contribution in [0.3, 0.4) is 0 Å². The number of benzene rings is 1. The monoisotopic (exact) mass is 481 g/mol. The van der Waals surface area contributed by atoms with E-state index in [4.69, 9.17) is 32.7 Å². The van der Waals surface area contributed by atoms with Crippen LogP contribution in [0.25, 0.3) is 6.08 Å². The van der Waals surface area contributed by atoms with Crippen LogP contribution >= 0.6 is 34.5 Å². The molecule has 31 heavy (non-hydrogen) atoms. The Morgan fingerprint density at radius 3 is 2.77 bits per heavy atom. The van der Waals surface area contributed by atoms with Crippen molar-refractivity contribution in [2.75, 3.05) is 19.0 Å². The Bertz CT molecular complexity index is 1050. The number of hydrogen-bond donors (Lipinski definition) is 1. The first-order chi connectivity index (χ1) is 14.8. The van der Waals surface area contributed by atoms with Crippen molar-refractivity contribution in [1.29, 1.82) is 0 Å². The normalized spacial score (nSPS) is 15.4. The quantitative estimate of drug-likeness (QED) is 0.454. The lowest BCUT2D eigenvalue weighted by atomic mass is 9.88. The Morgan fingerprint density at radius 2 is 2.06 bits per heavy atom. The zero-order valence-electron chi connectivity index (χ0n) is 17.0. The molecule has 0 saturated heterocycles. The number of carbonyl (C=O) groups is 3. The van der Waals surface area contributed by atoms with Crippen LogP contribution in [-0.2, 0) is 31.9 Å². The van der Waals surface area contributed by atoms with E-state index in [0.29, 0.717) is 32.1 Å². The van der Waals surface area contributed by atoms with Crippen molar-refractivity contribution in [2.24, 2.45) is 5.92 Å². The SMILES string of the molecule is COC(=O)c1c(NC(=O)COC(=O)/C=C/c2ccc(Cl)cc2Cl)sc2c1CCC(C)C2. The van der Waals surface area contributed by atoms with Gasteiger partial charge in [-0.3, -0.25) is 4.79 Å². The molecule has 0 radical (unpaired) electrons. The van der Waals surface area contributed by atoms with Gasteiger partial charge in [-0.25, -0.2) is 9.59 Å². The Morgan fingerprint density at radius 1 is 1.29 bits per heavy atom. The number of methoxy groups -OCH3 is 1. The molecule has 1 N–H and O–H groups in total. The highest BCUT2D eigenvalue weighted by Crippen LogP contribution is 2.40. The third-order valence-electron chi connectivity index (χ3n) is 4.86. The number of amides is 1. The summed E-state index contributed by atoms with van der Waals surface area (Å²) in [6, 6.07) is 4.86. The summed E-state index contributed by atoms with van der Waals surface area (Å²) in [6.07, 6.45) is 5.24. The number of rotatable bonds is 6. The smallest absolute Gasteiger partial charge is 0.341 e. The molecule has 6 nitrogen and oxygen atoms in total. The summed E-state index contributed by atoms with van der Waals surface area (Å²) >= 11 is 13.3. The molecule has 0 bridgehead atoms. The minimum atomic E-state index is -0.700. The van der Waals surface area contributed by atoms with Gasteiger partial charge in [-0.1, -0.05) is 36.2 Å². The summed E-state index contributed by atoms with van der Waals surface area (Å²) in [4.78, 5) is 37.6. The highest BCUT2D eigenvalue weighted by Gasteiger charge is 2.28. The third kappa shape index (κ3) is 5.87. The molecular weight excluding hydrogens is 461 g/mol. The molecule has 0 spiro atoms. The van der Waals surface area contributed by atoms with Crippen LogP contribution in [-0.4, -0.2) is 31.6 Å². The molecule has 2 aromatic rings. The molecule has 164 valence electrons. The molecule has 1 atom stereocenters. The van der Waals surface area contributed by atoms with Crippen LogP contribution in [0, 0.1) is 5.92 Å². The second kappa shape index (κ2) is 10.3. The molecule has 1 unspecified atom stereocenters. The molecular formula is C22H21Cl2NO5S. The van der Waals surface area contributed by atoms with E-state index in [2.05, 4.69) is 12.2 Å². The van der Waals surface area contributed by atoms with E-state index in [1.807, 2.05) is 0 Å². The number of ether oxygens (including phenoxy) is 2. The van der Waals surface area contributed by atoms with Gasteiger partial charge in [0.15, 0.2) is 6.61 Å². The number of hydrogen-bond acceptors (Lipinski definition) is 6. The molecule has 1 aliphatic carbocycles. The highest BCUT2D eigenvalue weighted by atomic mass is 35.5. The molecule has 0 fully saturated rings. The predicted molar refractivity (Wildman–Crippen MR) is 122 cm³/mol. The van der Waals surface area contributed by atoms with E-state index in [1.165, 1.54) is 30.6 Å². The van der Waals surface area contributed by atoms with Crippen molar-refractivity contribution in [3.8, 4) is 0 Å². The van der Waals surface area contributed by atoms with Crippen molar-refractivity contribution >= 4 is 63.5 Å². The molecule has 1 aliphatic rings. The van der Waals surface area contributed by atoms with Gasteiger partial charge in [0, 0.05) is 21.0 Å². The summed E-state index contributed by atoms with van der Waals surface area (Å²) < 4.78 is 9.89. The summed E-state index contributed by atoms with van der Waals surface area (Å²) in [5.41, 5.74) is 1.92. The maximum atomic E-state index is 12.3. The second-order valence-corrected chi connectivity index (χ2v) is 9.15. The van der Waals surface area contributed by atoms with Gasteiger partial charge in [0.25, 0.3) is 5.91 Å². The van der Waals surface area contributed by atoms with Crippen LogP contribution in [0.4, 0.5) is 5.00 Å². The van der Waals surface area contributed by atoms with E-state index in [-0.39, 0.29) is 0 Å². The zero-order chi connectivity index (χ0) is 22.5. The number of esters is 2. The second-order valence-electron chi connectivity index (χ2n) is 7.20. The van der Waals surface area contributed by atoms with Crippen LogP contribution < -0.4 is 5.32 Å². The van der Waals surface area contributed by atoms with E-state index in [1.54, 1.807) is 18.2 Å². The maximum absolute atomic E-state index is 12.3. The lowest BCUT2D eigenvalue weighted by Crippen LogP contribution is -2.21.